The van der Waals surface area contributed by atoms with Crippen LogP contribution in [0, 0.1) is 13.8 Å². The van der Waals surface area contributed by atoms with Crippen molar-refractivity contribution in [2.45, 2.75) is 31.7 Å². The second kappa shape index (κ2) is 8.94. The van der Waals surface area contributed by atoms with E-state index < -0.39 is 10.0 Å². The number of nitrogens with one attached hydrogen (secondary N) is 2. The predicted octanol–water partition coefficient (Wildman–Crippen LogP) is 2.96. The quantitative estimate of drug-likeness (QED) is 0.792. The van der Waals surface area contributed by atoms with E-state index in [1.54, 1.807) is 36.1 Å². The van der Waals surface area contributed by atoms with Crippen LogP contribution in [0.4, 0.5) is 5.69 Å². The molecule has 0 radical (unpaired) electrons. The summed E-state index contributed by atoms with van der Waals surface area (Å²) in [6, 6.07) is 12.1. The molecule has 1 aliphatic rings. The van der Waals surface area contributed by atoms with Gasteiger partial charge in [-0.2, -0.15) is 0 Å². The lowest BCUT2D eigenvalue weighted by Crippen LogP contribution is -2.52. The Balaban J connectivity index is 0.00000280. The molecule has 1 heterocycles. The number of nitrogens with zero attached hydrogens (tertiary/aromatic N) is 1. The molecule has 0 unspecified atom stereocenters. The Bertz CT molecular complexity index is 946. The number of sulfonamides is 1. The molecule has 152 valence electrons. The number of carbonyl (C=O) groups excluding carboxylic acids is 1. The largest absolute Gasteiger partial charge is 0.333 e. The lowest BCUT2D eigenvalue weighted by Gasteiger charge is -2.34. The van der Waals surface area contributed by atoms with Crippen LogP contribution in [-0.4, -0.2) is 44.9 Å². The van der Waals surface area contributed by atoms with E-state index in [9.17, 15) is 13.2 Å². The summed E-state index contributed by atoms with van der Waals surface area (Å²) in [5.41, 5.74) is 2.53. The molecule has 2 N–H and O–H groups in total. The van der Waals surface area contributed by atoms with Gasteiger partial charge < -0.3 is 10.2 Å². The van der Waals surface area contributed by atoms with Gasteiger partial charge in [-0.25, -0.2) is 8.42 Å². The van der Waals surface area contributed by atoms with Gasteiger partial charge in [0, 0.05) is 36.9 Å². The van der Waals surface area contributed by atoms with Gasteiger partial charge in [0.1, 0.15) is 0 Å². The predicted molar refractivity (Wildman–Crippen MR) is 114 cm³/mol. The first kappa shape index (κ1) is 22.2. The second-order valence-electron chi connectivity index (χ2n) is 7.00. The van der Waals surface area contributed by atoms with Crippen LogP contribution in [0.5, 0.6) is 0 Å². The number of rotatable bonds is 4. The fourth-order valence-corrected chi connectivity index (χ4v) is 4.49. The van der Waals surface area contributed by atoms with E-state index >= 15 is 0 Å². The summed E-state index contributed by atoms with van der Waals surface area (Å²) in [5, 5.41) is 3.25. The first-order valence-electron chi connectivity index (χ1n) is 9.00. The molecule has 8 heteroatoms. The Morgan fingerprint density at radius 1 is 1.14 bits per heavy atom. The molecule has 0 saturated carbocycles. The Kier molecular flexibility index (Phi) is 7.09. The lowest BCUT2D eigenvalue weighted by molar-refractivity contribution is 0.0655. The fourth-order valence-electron chi connectivity index (χ4n) is 3.16. The van der Waals surface area contributed by atoms with Crippen LogP contribution in [0.1, 0.15) is 28.4 Å². The van der Waals surface area contributed by atoms with Gasteiger partial charge in [-0.15, -0.1) is 12.4 Å². The van der Waals surface area contributed by atoms with Gasteiger partial charge in [0.2, 0.25) is 0 Å². The highest BCUT2D eigenvalue weighted by molar-refractivity contribution is 7.92. The summed E-state index contributed by atoms with van der Waals surface area (Å²) in [7, 11) is -3.79. The molecule has 28 heavy (non-hydrogen) atoms. The first-order valence-corrected chi connectivity index (χ1v) is 10.5. The van der Waals surface area contributed by atoms with Crippen molar-refractivity contribution in [3.05, 3.63) is 59.2 Å². The second-order valence-corrected chi connectivity index (χ2v) is 8.65. The van der Waals surface area contributed by atoms with Gasteiger partial charge in [0.25, 0.3) is 15.9 Å². The molecule has 6 nitrogen and oxygen atoms in total. The third-order valence-electron chi connectivity index (χ3n) is 4.79. The van der Waals surface area contributed by atoms with Crippen LogP contribution in [0.15, 0.2) is 47.4 Å². The topological polar surface area (TPSA) is 78.5 Å². The van der Waals surface area contributed by atoms with Crippen LogP contribution in [0.2, 0.25) is 0 Å². The van der Waals surface area contributed by atoms with Crippen LogP contribution >= 0.6 is 12.4 Å². The Hall–Kier alpha value is -2.09. The number of halogens is 1. The van der Waals surface area contributed by atoms with Crippen LogP contribution in [0.25, 0.3) is 0 Å². The van der Waals surface area contributed by atoms with Gasteiger partial charge in [0.05, 0.1) is 4.90 Å². The van der Waals surface area contributed by atoms with Crippen LogP contribution < -0.4 is 10.0 Å². The van der Waals surface area contributed by atoms with E-state index in [1.165, 1.54) is 6.07 Å². The standard InChI is InChI=1S/C20H25N3O3S.ClH/c1-14-4-8-18(9-5-14)22-27(25,26)19-12-17(7-6-15(19)2)20(24)23-11-10-21-13-16(23)3;/h4-9,12,16,21-22H,10-11,13H2,1-3H3;1H/t16-;/m1./s1. The number of carbonyl (C=O) groups is 1. The normalized spacial score (nSPS) is 17.0. The van der Waals surface area contributed by atoms with E-state index in [1.807, 2.05) is 26.0 Å². The van der Waals surface area contributed by atoms with Gasteiger partial charge in [-0.3, -0.25) is 9.52 Å². The molecule has 0 spiro atoms. The maximum absolute atomic E-state index is 12.9. The highest BCUT2D eigenvalue weighted by atomic mass is 35.5. The highest BCUT2D eigenvalue weighted by Crippen LogP contribution is 2.22. The van der Waals surface area contributed by atoms with Crippen LogP contribution in [-0.2, 0) is 10.0 Å². The molecule has 2 aromatic rings. The van der Waals surface area contributed by atoms with Crippen molar-refractivity contribution in [1.82, 2.24) is 10.2 Å². The molecular weight excluding hydrogens is 398 g/mol. The zero-order valence-electron chi connectivity index (χ0n) is 16.2. The van der Waals surface area contributed by atoms with Crippen molar-refractivity contribution in [2.24, 2.45) is 0 Å². The SMILES string of the molecule is Cc1ccc(NS(=O)(=O)c2cc(C(=O)N3CCNC[C@H]3C)ccc2C)cc1.Cl. The third-order valence-corrected chi connectivity index (χ3v) is 6.31. The van der Waals surface area contributed by atoms with Gasteiger partial charge >= 0.3 is 0 Å². The highest BCUT2D eigenvalue weighted by Gasteiger charge is 2.26. The smallest absolute Gasteiger partial charge is 0.262 e. The van der Waals surface area contributed by atoms with Crippen molar-refractivity contribution >= 4 is 34.0 Å². The van der Waals surface area contributed by atoms with Crippen molar-refractivity contribution in [3.8, 4) is 0 Å². The fraction of sp³-hybridized carbons (Fsp3) is 0.350. The maximum atomic E-state index is 12.9. The average molecular weight is 424 g/mol. The number of benzene rings is 2. The van der Waals surface area contributed by atoms with E-state index in [0.29, 0.717) is 23.4 Å². The summed E-state index contributed by atoms with van der Waals surface area (Å²) in [6.07, 6.45) is 0. The lowest BCUT2D eigenvalue weighted by atomic mass is 10.1. The van der Waals surface area contributed by atoms with Gasteiger partial charge in [-0.1, -0.05) is 23.8 Å². The number of aryl methyl sites for hydroxylation is 2. The Morgan fingerprint density at radius 2 is 1.82 bits per heavy atom. The Labute approximate surface area is 172 Å². The molecule has 1 fully saturated rings. The molecular formula is C20H26ClN3O3S. The van der Waals surface area contributed by atoms with Crippen molar-refractivity contribution in [1.29, 1.82) is 0 Å². The molecule has 1 aliphatic heterocycles. The minimum absolute atomic E-state index is 0. The zero-order valence-corrected chi connectivity index (χ0v) is 17.9. The van der Waals surface area contributed by atoms with Crippen molar-refractivity contribution < 1.29 is 13.2 Å². The summed E-state index contributed by atoms with van der Waals surface area (Å²) in [6.45, 7) is 7.73. The number of anilines is 1. The summed E-state index contributed by atoms with van der Waals surface area (Å²) in [5.74, 6) is -0.143. The Morgan fingerprint density at radius 3 is 2.46 bits per heavy atom. The third kappa shape index (κ3) is 4.84. The summed E-state index contributed by atoms with van der Waals surface area (Å²) < 4.78 is 28.3. The minimum atomic E-state index is -3.79. The van der Waals surface area contributed by atoms with E-state index in [2.05, 4.69) is 10.0 Å². The minimum Gasteiger partial charge on any atom is -0.333 e. The van der Waals surface area contributed by atoms with E-state index in [4.69, 9.17) is 0 Å². The maximum Gasteiger partial charge on any atom is 0.262 e. The molecule has 0 aliphatic carbocycles. The molecule has 1 atom stereocenters. The number of hydrogen-bond donors (Lipinski definition) is 2. The van der Waals surface area contributed by atoms with E-state index in [0.717, 1.165) is 18.7 Å². The molecule has 0 bridgehead atoms. The summed E-state index contributed by atoms with van der Waals surface area (Å²) >= 11 is 0. The molecule has 1 saturated heterocycles. The molecule has 0 aromatic heterocycles. The number of piperazine rings is 1. The van der Waals surface area contributed by atoms with Gasteiger partial charge in [0.15, 0.2) is 0 Å². The van der Waals surface area contributed by atoms with Crippen LogP contribution in [0.3, 0.4) is 0 Å². The monoisotopic (exact) mass is 423 g/mol. The molecule has 1 amide bonds. The molecule has 3 rings (SSSR count). The number of amides is 1. The first-order chi connectivity index (χ1) is 12.8. The zero-order chi connectivity index (χ0) is 19.6. The van der Waals surface area contributed by atoms with Crippen molar-refractivity contribution in [3.63, 3.8) is 0 Å². The number of hydrogen-bond acceptors (Lipinski definition) is 4. The van der Waals surface area contributed by atoms with Crippen molar-refractivity contribution in [2.75, 3.05) is 24.4 Å². The summed E-state index contributed by atoms with van der Waals surface area (Å²) in [4.78, 5) is 14.8. The average Bonchev–Trinajstić information content (AvgIpc) is 2.63. The molecule has 2 aromatic carbocycles. The van der Waals surface area contributed by atoms with E-state index in [-0.39, 0.29) is 29.3 Å². The van der Waals surface area contributed by atoms with Gasteiger partial charge in [-0.05, 0) is 50.6 Å².